The van der Waals surface area contributed by atoms with Gasteiger partial charge in [-0.25, -0.2) is 14.3 Å². The average Bonchev–Trinajstić information content (AvgIpc) is 3.28. The largest absolute Gasteiger partial charge is 0.444 e. The Labute approximate surface area is 368 Å². The molecule has 2 aromatic carbocycles. The number of aromatic amines is 1. The number of allylic oxidation sites excluding steroid dienone is 1. The highest BCUT2D eigenvalue weighted by Crippen LogP contribution is 2.44. The number of amides is 4. The molecular formula is C48H62FN7O7. The summed E-state index contributed by atoms with van der Waals surface area (Å²) in [5.41, 5.74) is 0.574. The predicted molar refractivity (Wildman–Crippen MR) is 236 cm³/mol. The van der Waals surface area contributed by atoms with Gasteiger partial charge in [-0.1, -0.05) is 30.3 Å². The van der Waals surface area contributed by atoms with Crippen LogP contribution < -0.4 is 16.2 Å². The van der Waals surface area contributed by atoms with Crippen LogP contribution in [0.1, 0.15) is 113 Å². The van der Waals surface area contributed by atoms with Crippen LogP contribution in [0.2, 0.25) is 0 Å². The standard InChI is InChI=1S/C48H62FN7O7/c1-46(2,3)63-45(61)50-41(34-9-5-4-6-10-34)43(59)51-47-17-19-48(20-18-47,62-31-47)30-54-21-15-32(16-22-54)29-40(57)55-23-25-56(26-24-55)44(60)37-27-33(13-14-38(37)49)28-39-35-11-7-8-12-36(35)42(58)53-52-39/h7-9,11-14,27,32,41H,4-6,10,15-26,28-31H2,1-3H3,(H,50,61)(H,51,59)(H,53,58)/t41-,47?,48?/m1/s1. The molecule has 9 rings (SSSR count). The van der Waals surface area contributed by atoms with Crippen molar-refractivity contribution in [2.24, 2.45) is 5.92 Å². The summed E-state index contributed by atoms with van der Waals surface area (Å²) >= 11 is 0. The number of fused-ring (bicyclic) bond motifs is 4. The number of halogens is 1. The Morgan fingerprint density at radius 2 is 1.67 bits per heavy atom. The Bertz CT molecular complexity index is 2270. The summed E-state index contributed by atoms with van der Waals surface area (Å²) in [5, 5.41) is 14.2. The molecule has 338 valence electrons. The molecule has 3 aromatic rings. The molecule has 14 nitrogen and oxygen atoms in total. The van der Waals surface area contributed by atoms with E-state index in [1.807, 2.05) is 37.8 Å². The van der Waals surface area contributed by atoms with Gasteiger partial charge in [0.25, 0.3) is 11.5 Å². The number of ether oxygens (including phenoxy) is 2. The van der Waals surface area contributed by atoms with Crippen LogP contribution in [0.3, 0.4) is 0 Å². The number of H-pyrrole nitrogens is 1. The van der Waals surface area contributed by atoms with E-state index in [4.69, 9.17) is 9.47 Å². The van der Waals surface area contributed by atoms with Crippen LogP contribution >= 0.6 is 0 Å². The van der Waals surface area contributed by atoms with Gasteiger partial charge in [0.15, 0.2) is 0 Å². The topological polar surface area (TPSA) is 166 Å². The third-order valence-corrected chi connectivity index (χ3v) is 13.8. The van der Waals surface area contributed by atoms with Crippen molar-refractivity contribution in [3.8, 4) is 0 Å². The third-order valence-electron chi connectivity index (χ3n) is 13.8. The molecule has 63 heavy (non-hydrogen) atoms. The molecule has 0 spiro atoms. The van der Waals surface area contributed by atoms with E-state index in [0.29, 0.717) is 67.7 Å². The lowest BCUT2D eigenvalue weighted by atomic mass is 9.70. The van der Waals surface area contributed by atoms with Crippen molar-refractivity contribution in [2.45, 2.75) is 121 Å². The zero-order valence-corrected chi connectivity index (χ0v) is 36.9. The molecule has 0 radical (unpaired) electrons. The fourth-order valence-electron chi connectivity index (χ4n) is 10.1. The molecule has 2 bridgehead atoms. The van der Waals surface area contributed by atoms with Crippen LogP contribution in [0, 0.1) is 11.7 Å². The van der Waals surface area contributed by atoms with Crippen molar-refractivity contribution in [3.05, 3.63) is 87.1 Å². The Morgan fingerprint density at radius 3 is 2.33 bits per heavy atom. The van der Waals surface area contributed by atoms with Crippen molar-refractivity contribution in [1.82, 2.24) is 35.5 Å². The van der Waals surface area contributed by atoms with E-state index in [9.17, 15) is 24.0 Å². The van der Waals surface area contributed by atoms with Crippen molar-refractivity contribution >= 4 is 34.6 Å². The lowest BCUT2D eigenvalue weighted by Crippen LogP contribution is -2.67. The Morgan fingerprint density at radius 1 is 0.952 bits per heavy atom. The zero-order chi connectivity index (χ0) is 44.4. The number of carbonyl (C=O) groups is 4. The van der Waals surface area contributed by atoms with Gasteiger partial charge in [0.05, 0.1) is 34.4 Å². The van der Waals surface area contributed by atoms with Gasteiger partial charge in [0.1, 0.15) is 17.5 Å². The van der Waals surface area contributed by atoms with E-state index < -0.39 is 35.0 Å². The summed E-state index contributed by atoms with van der Waals surface area (Å²) in [5.74, 6) is -0.840. The third kappa shape index (κ3) is 10.5. The molecule has 1 saturated carbocycles. The molecule has 4 amide bonds. The number of hydrogen-bond acceptors (Lipinski definition) is 9. The minimum absolute atomic E-state index is 0.0176. The maximum atomic E-state index is 15.1. The predicted octanol–water partition coefficient (Wildman–Crippen LogP) is 5.63. The molecule has 4 saturated heterocycles. The molecule has 2 aliphatic carbocycles. The quantitative estimate of drug-likeness (QED) is 0.207. The lowest BCUT2D eigenvalue weighted by Gasteiger charge is -2.55. The number of piperidine rings is 1. The summed E-state index contributed by atoms with van der Waals surface area (Å²) < 4.78 is 27.2. The first kappa shape index (κ1) is 44.5. The van der Waals surface area contributed by atoms with E-state index in [1.54, 1.807) is 29.2 Å². The highest BCUT2D eigenvalue weighted by Gasteiger charge is 2.52. The molecule has 0 unspecified atom stereocenters. The summed E-state index contributed by atoms with van der Waals surface area (Å²) in [6, 6.07) is 10.9. The number of aromatic nitrogens is 2. The first-order valence-corrected chi connectivity index (χ1v) is 22.9. The van der Waals surface area contributed by atoms with Gasteiger partial charge in [-0.15, -0.1) is 0 Å². The number of piperazine rings is 1. The van der Waals surface area contributed by atoms with Crippen molar-refractivity contribution in [2.75, 3.05) is 52.4 Å². The number of carbonyl (C=O) groups excluding carboxylic acids is 4. The van der Waals surface area contributed by atoms with Crippen molar-refractivity contribution in [3.63, 3.8) is 0 Å². The Balaban J connectivity index is 0.774. The Kier molecular flexibility index (Phi) is 13.1. The van der Waals surface area contributed by atoms with Crippen LogP contribution in [0.4, 0.5) is 9.18 Å². The molecule has 1 aromatic heterocycles. The highest BCUT2D eigenvalue weighted by molar-refractivity contribution is 5.95. The van der Waals surface area contributed by atoms with E-state index in [-0.39, 0.29) is 34.5 Å². The van der Waals surface area contributed by atoms with E-state index in [2.05, 4.69) is 31.8 Å². The van der Waals surface area contributed by atoms with Gasteiger partial charge < -0.3 is 34.8 Å². The molecule has 5 fully saturated rings. The smallest absolute Gasteiger partial charge is 0.408 e. The van der Waals surface area contributed by atoms with Gasteiger partial charge in [0.2, 0.25) is 11.8 Å². The van der Waals surface area contributed by atoms with Gasteiger partial charge in [0, 0.05) is 51.0 Å². The second kappa shape index (κ2) is 18.5. The van der Waals surface area contributed by atoms with Crippen LogP contribution in [0.5, 0.6) is 0 Å². The fourth-order valence-corrected chi connectivity index (χ4v) is 10.1. The average molecular weight is 868 g/mol. The number of nitrogens with zero attached hydrogens (tertiary/aromatic N) is 4. The summed E-state index contributed by atoms with van der Waals surface area (Å²) in [6.07, 6.45) is 11.1. The first-order valence-electron chi connectivity index (χ1n) is 22.9. The second-order valence-electron chi connectivity index (χ2n) is 19.5. The maximum absolute atomic E-state index is 15.1. The van der Waals surface area contributed by atoms with Crippen LogP contribution in [-0.2, 0) is 25.5 Å². The van der Waals surface area contributed by atoms with Gasteiger partial charge in [-0.3, -0.25) is 19.2 Å². The number of rotatable bonds is 11. The first-order chi connectivity index (χ1) is 30.2. The summed E-state index contributed by atoms with van der Waals surface area (Å²) in [6.45, 7) is 9.92. The molecule has 6 aliphatic rings. The zero-order valence-electron chi connectivity index (χ0n) is 36.9. The van der Waals surface area contributed by atoms with Crippen molar-refractivity contribution < 1.29 is 33.0 Å². The molecule has 3 N–H and O–H groups in total. The van der Waals surface area contributed by atoms with Crippen LogP contribution in [0.15, 0.2) is 58.9 Å². The number of hydrogen-bond donors (Lipinski definition) is 3. The normalized spacial score (nSPS) is 23.8. The van der Waals surface area contributed by atoms with Crippen LogP contribution in [0.25, 0.3) is 10.8 Å². The lowest BCUT2D eigenvalue weighted by molar-refractivity contribution is -0.176. The van der Waals surface area contributed by atoms with Gasteiger partial charge >= 0.3 is 6.09 Å². The molecule has 4 aliphatic heterocycles. The molecule has 1 atom stereocenters. The molecular weight excluding hydrogens is 806 g/mol. The number of benzene rings is 2. The Hall–Kier alpha value is -5.15. The summed E-state index contributed by atoms with van der Waals surface area (Å²) in [4.78, 5) is 71.8. The minimum atomic E-state index is -0.771. The van der Waals surface area contributed by atoms with Crippen LogP contribution in [-0.4, -0.2) is 124 Å². The SMILES string of the molecule is CC(C)(C)OC(=O)N[C@@H](C(=O)NC12CCC(CN3CCC(CC(=O)N4CCN(C(=O)c5cc(Cc6n[nH]c(=O)c7ccccc67)ccc5F)CC4)CC3)(CC1)OC2)C1=CCCCC1. The summed E-state index contributed by atoms with van der Waals surface area (Å²) in [7, 11) is 0. The van der Waals surface area contributed by atoms with E-state index >= 15 is 4.39 Å². The second-order valence-corrected chi connectivity index (χ2v) is 19.5. The highest BCUT2D eigenvalue weighted by atomic mass is 19.1. The molecule has 15 heteroatoms. The number of nitrogens with one attached hydrogen (secondary N) is 3. The fraction of sp³-hybridized carbons (Fsp3) is 0.583. The van der Waals surface area contributed by atoms with Crippen molar-refractivity contribution in [1.29, 1.82) is 0 Å². The number of alkyl carbamates (subject to hydrolysis) is 1. The number of likely N-dealkylation sites (tertiary alicyclic amines) is 1. The monoisotopic (exact) mass is 867 g/mol. The minimum Gasteiger partial charge on any atom is -0.444 e. The van der Waals surface area contributed by atoms with E-state index in [1.165, 1.54) is 6.07 Å². The van der Waals surface area contributed by atoms with Gasteiger partial charge in [-0.05, 0) is 133 Å². The molecule has 5 heterocycles. The van der Waals surface area contributed by atoms with E-state index in [0.717, 1.165) is 89.4 Å². The van der Waals surface area contributed by atoms with Gasteiger partial charge in [-0.2, -0.15) is 5.10 Å². The maximum Gasteiger partial charge on any atom is 0.408 e.